The number of hydrogen-bond acceptors (Lipinski definition) is 20. The van der Waals surface area contributed by atoms with Crippen LogP contribution in [-0.2, 0) is 47.7 Å². The number of Topliss-reactive ketones (excluding diaryl/α,β-unsaturated/α-hetero) is 1. The smallest absolute Gasteiger partial charge is 0.364 e. The van der Waals surface area contributed by atoms with E-state index in [-0.39, 0.29) is 56.3 Å². The van der Waals surface area contributed by atoms with Gasteiger partial charge < -0.3 is 81.3 Å². The summed E-state index contributed by atoms with van der Waals surface area (Å²) in [6, 6.07) is 29.9. The summed E-state index contributed by atoms with van der Waals surface area (Å²) in [6.07, 6.45) is -12.3. The minimum absolute atomic E-state index is 0.000238. The molecule has 0 unspecified atom stereocenters. The fourth-order valence-electron chi connectivity index (χ4n) is 10.1. The largest absolute Gasteiger partial charge is 0.477 e. The SMILES string of the molecule is CC(=O)N[C@H]1[C@H]([C@H](O)[C@H](O)CNC(=O)c2ccc(-c3ccccc3)cc2)O[C@](C=O)(OCCCSCCC(=O)CCCNC(=O)CCSCCCO[C@]2(C(=O)O)C[C@H](O)[C@@H](NC(C)=O)[C@H]([C@H](O)[C@H](O)CNC(=O)c3ccc(-c4ccccc4)cc3)O2)C[C@@H]1O. The summed E-state index contributed by atoms with van der Waals surface area (Å²) in [4.78, 5) is 100. The zero-order valence-electron chi connectivity index (χ0n) is 49.6. The molecule has 12 atom stereocenters. The average Bonchev–Trinajstić information content (AvgIpc) is 2.89. The van der Waals surface area contributed by atoms with Crippen molar-refractivity contribution < 1.29 is 93.0 Å². The number of benzene rings is 4. The molecule has 26 heteroatoms. The first-order valence-electron chi connectivity index (χ1n) is 29.4. The number of aliphatic carboxylic acids is 1. The van der Waals surface area contributed by atoms with Crippen molar-refractivity contribution in [2.75, 3.05) is 55.9 Å². The molecule has 0 aromatic heterocycles. The summed E-state index contributed by atoms with van der Waals surface area (Å²) >= 11 is 2.87. The molecule has 2 aliphatic heterocycles. The second kappa shape index (κ2) is 35.7. The number of carboxylic acids is 1. The maximum atomic E-state index is 13.0. The van der Waals surface area contributed by atoms with Crippen LogP contribution in [0, 0.1) is 0 Å². The number of aldehydes is 1. The highest BCUT2D eigenvalue weighted by Crippen LogP contribution is 2.35. The summed E-state index contributed by atoms with van der Waals surface area (Å²) in [5.74, 6) is -6.79. The normalized spacial score (nSPS) is 22.9. The number of carbonyl (C=O) groups excluding carboxylic acids is 7. The van der Waals surface area contributed by atoms with Gasteiger partial charge >= 0.3 is 5.97 Å². The predicted octanol–water partition coefficient (Wildman–Crippen LogP) is 2.13. The highest BCUT2D eigenvalue weighted by atomic mass is 32.2. The van der Waals surface area contributed by atoms with Crippen LogP contribution in [0.3, 0.4) is 0 Å². The van der Waals surface area contributed by atoms with Crippen LogP contribution >= 0.6 is 23.5 Å². The van der Waals surface area contributed by atoms with E-state index in [4.69, 9.17) is 18.9 Å². The van der Waals surface area contributed by atoms with E-state index in [1.54, 1.807) is 48.5 Å². The third-order valence-corrected chi connectivity index (χ3v) is 17.0. The minimum atomic E-state index is -2.48. The van der Waals surface area contributed by atoms with E-state index in [1.807, 2.05) is 60.7 Å². The molecule has 2 heterocycles. The van der Waals surface area contributed by atoms with Crippen molar-refractivity contribution in [1.82, 2.24) is 26.6 Å². The van der Waals surface area contributed by atoms with Gasteiger partial charge in [-0.2, -0.15) is 23.5 Å². The molecule has 2 saturated heterocycles. The van der Waals surface area contributed by atoms with Crippen molar-refractivity contribution in [1.29, 1.82) is 0 Å². The van der Waals surface area contributed by atoms with Crippen LogP contribution < -0.4 is 26.6 Å². The number of ether oxygens (including phenoxy) is 4. The molecular weight excluding hydrogens is 1190 g/mol. The first-order valence-corrected chi connectivity index (χ1v) is 31.7. The minimum Gasteiger partial charge on any atom is -0.477 e. The Balaban J connectivity index is 0.826. The third kappa shape index (κ3) is 21.8. The van der Waals surface area contributed by atoms with E-state index in [1.165, 1.54) is 30.4 Å². The summed E-state index contributed by atoms with van der Waals surface area (Å²) in [5.41, 5.74) is 4.25. The molecule has 0 bridgehead atoms. The zero-order valence-corrected chi connectivity index (χ0v) is 51.2. The van der Waals surface area contributed by atoms with Crippen LogP contribution in [0.5, 0.6) is 0 Å². The van der Waals surface area contributed by atoms with E-state index in [2.05, 4.69) is 26.6 Å². The Bertz CT molecular complexity index is 2940. The molecular formula is C63H81N5O19S2. The summed E-state index contributed by atoms with van der Waals surface area (Å²) in [7, 11) is 0. The van der Waals surface area contributed by atoms with Gasteiger partial charge in [-0.25, -0.2) is 4.79 Å². The molecule has 4 aromatic carbocycles. The standard InChI is InChI=1S/C63H81N5O19S2/c1-39(70)67-53-48(73)34-62(38-69,86-57(53)55(78)50(75)36-65-59(80)45-21-17-43(18-22-45)41-12-5-3-6-13-41)84-28-10-30-88-32-25-47(72)16-9-27-64-52(77)26-33-89-31-11-29-85-63(61(82)83)35-49(74)54(68-40(2)71)58(87-63)56(79)51(76)37-66-60(81)46-23-19-44(20-24-46)42-14-7-4-8-15-42/h3-8,12-15,17-24,38,48-51,53-58,73-76,78-79H,9-11,16,25-37H2,1-2H3,(H,64,77)(H,65,80)(H,66,81)(H,67,70)(H,68,71)(H,82,83)/t48-,49-,50+,51+,53+,54+,55+,56+,57+,58+,62+,63+/m0/s1. The number of amides is 5. The second-order valence-electron chi connectivity index (χ2n) is 21.7. The number of carbonyl (C=O) groups is 8. The Kier molecular flexibility index (Phi) is 28.6. The molecule has 0 aliphatic carbocycles. The molecule has 6 rings (SSSR count). The molecule has 5 amide bonds. The highest BCUT2D eigenvalue weighted by Gasteiger charge is 2.56. The lowest BCUT2D eigenvalue weighted by atomic mass is 9.88. The van der Waals surface area contributed by atoms with E-state index >= 15 is 0 Å². The van der Waals surface area contributed by atoms with Gasteiger partial charge in [-0.05, 0) is 77.3 Å². The molecule has 2 fully saturated rings. The number of hydrogen-bond donors (Lipinski definition) is 12. The average molecular weight is 1280 g/mol. The topological polar surface area (TPSA) is 375 Å². The fraction of sp³-hybridized carbons (Fsp3) is 0.492. The van der Waals surface area contributed by atoms with Gasteiger partial charge in [-0.3, -0.25) is 33.6 Å². The van der Waals surface area contributed by atoms with Gasteiger partial charge in [0.2, 0.25) is 23.5 Å². The Morgan fingerprint density at radius 1 is 0.573 bits per heavy atom. The van der Waals surface area contributed by atoms with Crippen LogP contribution in [0.25, 0.3) is 22.3 Å². The summed E-state index contributed by atoms with van der Waals surface area (Å²) < 4.78 is 23.3. The summed E-state index contributed by atoms with van der Waals surface area (Å²) in [6.45, 7) is 1.48. The molecule has 0 radical (unpaired) electrons. The maximum Gasteiger partial charge on any atom is 0.364 e. The Hall–Kier alpha value is -6.66. The van der Waals surface area contributed by atoms with Crippen molar-refractivity contribution >= 4 is 71.1 Å². The van der Waals surface area contributed by atoms with Crippen LogP contribution in [-0.4, -0.2) is 212 Å². The van der Waals surface area contributed by atoms with E-state index in [9.17, 15) is 74.1 Å². The van der Waals surface area contributed by atoms with Crippen LogP contribution in [0.1, 0.15) is 85.9 Å². The lowest BCUT2D eigenvalue weighted by Gasteiger charge is -2.46. The second-order valence-corrected chi connectivity index (χ2v) is 24.1. The van der Waals surface area contributed by atoms with Crippen molar-refractivity contribution in [2.45, 2.75) is 138 Å². The Labute approximate surface area is 524 Å². The predicted molar refractivity (Wildman–Crippen MR) is 330 cm³/mol. The number of carboxylic acid groups (broad SMARTS) is 1. The molecule has 484 valence electrons. The number of ketones is 1. The molecule has 2 aliphatic rings. The van der Waals surface area contributed by atoms with Gasteiger partial charge in [0.25, 0.3) is 17.6 Å². The fourth-order valence-corrected chi connectivity index (χ4v) is 11.8. The number of nitrogens with one attached hydrogen (secondary N) is 5. The van der Waals surface area contributed by atoms with Gasteiger partial charge in [-0.15, -0.1) is 0 Å². The van der Waals surface area contributed by atoms with Gasteiger partial charge in [0.15, 0.2) is 6.29 Å². The monoisotopic (exact) mass is 1280 g/mol. The quantitative estimate of drug-likeness (QED) is 0.0229. The van der Waals surface area contributed by atoms with Crippen molar-refractivity contribution in [3.63, 3.8) is 0 Å². The lowest BCUT2D eigenvalue weighted by molar-refractivity contribution is -0.310. The zero-order chi connectivity index (χ0) is 64.5. The summed E-state index contributed by atoms with van der Waals surface area (Å²) in [5, 5.41) is 89.9. The molecule has 0 saturated carbocycles. The van der Waals surface area contributed by atoms with Crippen molar-refractivity contribution in [3.05, 3.63) is 120 Å². The Morgan fingerprint density at radius 2 is 1.02 bits per heavy atom. The molecule has 0 spiro atoms. The van der Waals surface area contributed by atoms with Crippen LogP contribution in [0.15, 0.2) is 109 Å². The Morgan fingerprint density at radius 3 is 1.49 bits per heavy atom. The molecule has 89 heavy (non-hydrogen) atoms. The first kappa shape index (κ1) is 71.4. The number of thioether (sulfide) groups is 2. The first-order chi connectivity index (χ1) is 42.6. The molecule has 24 nitrogen and oxygen atoms in total. The number of aliphatic hydroxyl groups excluding tert-OH is 6. The van der Waals surface area contributed by atoms with Crippen LogP contribution in [0.2, 0.25) is 0 Å². The molecule has 12 N–H and O–H groups in total. The van der Waals surface area contributed by atoms with Crippen molar-refractivity contribution in [3.8, 4) is 22.3 Å². The van der Waals surface area contributed by atoms with E-state index in [0.29, 0.717) is 54.1 Å². The van der Waals surface area contributed by atoms with E-state index in [0.717, 1.165) is 29.2 Å². The number of aliphatic hydroxyl groups is 6. The highest BCUT2D eigenvalue weighted by molar-refractivity contribution is 7.99. The van der Waals surface area contributed by atoms with Crippen LogP contribution in [0.4, 0.5) is 0 Å². The molecule has 4 aromatic rings. The van der Waals surface area contributed by atoms with Gasteiger partial charge in [0, 0.05) is 88.2 Å². The van der Waals surface area contributed by atoms with Gasteiger partial charge in [0.1, 0.15) is 30.2 Å². The third-order valence-electron chi connectivity index (χ3n) is 14.8. The van der Waals surface area contributed by atoms with E-state index < -0.39 is 128 Å². The maximum absolute atomic E-state index is 13.0. The van der Waals surface area contributed by atoms with Gasteiger partial charge in [0.05, 0.1) is 49.7 Å². The van der Waals surface area contributed by atoms with Crippen molar-refractivity contribution in [2.24, 2.45) is 0 Å². The lowest BCUT2D eigenvalue weighted by Crippen LogP contribution is -2.68. The van der Waals surface area contributed by atoms with Gasteiger partial charge in [-0.1, -0.05) is 84.9 Å². The number of rotatable bonds is 36.